The minimum Gasteiger partial charge on any atom is -0.345 e. The molecule has 1 rings (SSSR count). The second kappa shape index (κ2) is 5.10. The Bertz CT molecular complexity index is 210. The standard InChI is InChI=1S/C10H18N2O2/c1-7(2)9(6-13)12-10(14)8-4-3-5-11-8/h6-9,11H,3-5H2,1-2H3,(H,12,14)/t8-,9+/m0/s1. The Kier molecular flexibility index (Phi) is 4.07. The van der Waals surface area contributed by atoms with Crippen LogP contribution in [0.5, 0.6) is 0 Å². The van der Waals surface area contributed by atoms with Crippen molar-refractivity contribution in [2.45, 2.75) is 38.8 Å². The first-order chi connectivity index (χ1) is 6.65. The topological polar surface area (TPSA) is 58.2 Å². The van der Waals surface area contributed by atoms with E-state index in [1.54, 1.807) is 0 Å². The Morgan fingerprint density at radius 3 is 2.71 bits per heavy atom. The summed E-state index contributed by atoms with van der Waals surface area (Å²) in [5.41, 5.74) is 0. The Morgan fingerprint density at radius 1 is 1.57 bits per heavy atom. The third kappa shape index (κ3) is 2.80. The zero-order valence-corrected chi connectivity index (χ0v) is 8.75. The van der Waals surface area contributed by atoms with E-state index in [4.69, 9.17) is 0 Å². The molecular formula is C10H18N2O2. The van der Waals surface area contributed by atoms with E-state index in [1.807, 2.05) is 13.8 Å². The first-order valence-corrected chi connectivity index (χ1v) is 5.14. The molecule has 0 bridgehead atoms. The van der Waals surface area contributed by atoms with Crippen LogP contribution in [0.3, 0.4) is 0 Å². The summed E-state index contributed by atoms with van der Waals surface area (Å²) in [5.74, 6) is 0.103. The predicted octanol–water partition coefficient (Wildman–Crippen LogP) is 0.0781. The fourth-order valence-electron chi connectivity index (χ4n) is 1.53. The Morgan fingerprint density at radius 2 is 2.29 bits per heavy atom. The molecule has 80 valence electrons. The third-order valence-corrected chi connectivity index (χ3v) is 2.55. The van der Waals surface area contributed by atoms with Crippen molar-refractivity contribution in [2.24, 2.45) is 5.92 Å². The van der Waals surface area contributed by atoms with Crippen molar-refractivity contribution in [3.8, 4) is 0 Å². The predicted molar refractivity (Wildman–Crippen MR) is 53.9 cm³/mol. The quantitative estimate of drug-likeness (QED) is 0.629. The molecule has 1 amide bonds. The summed E-state index contributed by atoms with van der Waals surface area (Å²) in [5, 5.41) is 5.84. The summed E-state index contributed by atoms with van der Waals surface area (Å²) in [6.07, 6.45) is 2.71. The number of hydrogen-bond donors (Lipinski definition) is 2. The molecular weight excluding hydrogens is 180 g/mol. The maximum absolute atomic E-state index is 11.6. The summed E-state index contributed by atoms with van der Waals surface area (Å²) >= 11 is 0. The van der Waals surface area contributed by atoms with Gasteiger partial charge in [0.25, 0.3) is 0 Å². The molecule has 0 aromatic rings. The van der Waals surface area contributed by atoms with Crippen molar-refractivity contribution in [1.82, 2.24) is 10.6 Å². The van der Waals surface area contributed by atoms with E-state index in [2.05, 4.69) is 10.6 Å². The number of nitrogens with one attached hydrogen (secondary N) is 2. The highest BCUT2D eigenvalue weighted by Crippen LogP contribution is 2.06. The average Bonchev–Trinajstić information content (AvgIpc) is 2.65. The van der Waals surface area contributed by atoms with Gasteiger partial charge in [0.2, 0.25) is 5.91 Å². The maximum Gasteiger partial charge on any atom is 0.237 e. The molecule has 0 aromatic heterocycles. The van der Waals surface area contributed by atoms with Crippen LogP contribution in [0.15, 0.2) is 0 Å². The van der Waals surface area contributed by atoms with Gasteiger partial charge in [0, 0.05) is 0 Å². The fraction of sp³-hybridized carbons (Fsp3) is 0.800. The van der Waals surface area contributed by atoms with Gasteiger partial charge < -0.3 is 15.4 Å². The summed E-state index contributed by atoms with van der Waals surface area (Å²) in [7, 11) is 0. The van der Waals surface area contributed by atoms with Crippen LogP contribution < -0.4 is 10.6 Å². The number of carbonyl (C=O) groups excluding carboxylic acids is 2. The number of carbonyl (C=O) groups is 2. The lowest BCUT2D eigenvalue weighted by atomic mass is 10.1. The zero-order valence-electron chi connectivity index (χ0n) is 8.75. The number of aldehydes is 1. The van der Waals surface area contributed by atoms with Crippen LogP contribution in [0, 0.1) is 5.92 Å². The summed E-state index contributed by atoms with van der Waals surface area (Å²) in [4.78, 5) is 22.2. The minimum atomic E-state index is -0.357. The van der Waals surface area contributed by atoms with Gasteiger partial charge in [0.05, 0.1) is 12.1 Å². The first kappa shape index (κ1) is 11.2. The smallest absolute Gasteiger partial charge is 0.237 e. The summed E-state index contributed by atoms with van der Waals surface area (Å²) in [6.45, 7) is 4.73. The van der Waals surface area contributed by atoms with Gasteiger partial charge in [-0.1, -0.05) is 13.8 Å². The van der Waals surface area contributed by atoms with Crippen LogP contribution in [0.2, 0.25) is 0 Å². The third-order valence-electron chi connectivity index (χ3n) is 2.55. The van der Waals surface area contributed by atoms with E-state index in [0.717, 1.165) is 25.7 Å². The Labute approximate surface area is 84.4 Å². The molecule has 1 fully saturated rings. The van der Waals surface area contributed by atoms with Crippen LogP contribution in [0.25, 0.3) is 0 Å². The number of amides is 1. The number of hydrogen-bond acceptors (Lipinski definition) is 3. The van der Waals surface area contributed by atoms with Gasteiger partial charge in [-0.3, -0.25) is 4.79 Å². The van der Waals surface area contributed by atoms with Crippen LogP contribution in [-0.2, 0) is 9.59 Å². The van der Waals surface area contributed by atoms with Gasteiger partial charge in [0.1, 0.15) is 6.29 Å². The molecule has 4 heteroatoms. The van der Waals surface area contributed by atoms with E-state index < -0.39 is 0 Å². The monoisotopic (exact) mass is 198 g/mol. The van der Waals surface area contributed by atoms with Crippen molar-refractivity contribution < 1.29 is 9.59 Å². The molecule has 1 heterocycles. The largest absolute Gasteiger partial charge is 0.345 e. The first-order valence-electron chi connectivity index (χ1n) is 5.14. The molecule has 0 unspecified atom stereocenters. The average molecular weight is 198 g/mol. The number of rotatable bonds is 4. The maximum atomic E-state index is 11.6. The lowest BCUT2D eigenvalue weighted by molar-refractivity contribution is -0.126. The zero-order chi connectivity index (χ0) is 10.6. The van der Waals surface area contributed by atoms with E-state index in [0.29, 0.717) is 0 Å². The van der Waals surface area contributed by atoms with E-state index in [1.165, 1.54) is 0 Å². The Hall–Kier alpha value is -0.900. The molecule has 0 spiro atoms. The normalized spacial score (nSPS) is 23.5. The molecule has 0 aliphatic carbocycles. The van der Waals surface area contributed by atoms with E-state index in [-0.39, 0.29) is 23.9 Å². The molecule has 4 nitrogen and oxygen atoms in total. The molecule has 14 heavy (non-hydrogen) atoms. The Balaban J connectivity index is 2.41. The minimum absolute atomic E-state index is 0.0479. The second-order valence-corrected chi connectivity index (χ2v) is 4.06. The van der Waals surface area contributed by atoms with Crippen molar-refractivity contribution >= 4 is 12.2 Å². The van der Waals surface area contributed by atoms with E-state index >= 15 is 0 Å². The highest BCUT2D eigenvalue weighted by atomic mass is 16.2. The van der Waals surface area contributed by atoms with Crippen molar-refractivity contribution in [2.75, 3.05) is 6.54 Å². The van der Waals surface area contributed by atoms with Gasteiger partial charge in [-0.15, -0.1) is 0 Å². The SMILES string of the molecule is CC(C)[C@@H](C=O)NC(=O)[C@@H]1CCCN1. The highest BCUT2D eigenvalue weighted by molar-refractivity contribution is 5.84. The van der Waals surface area contributed by atoms with Crippen molar-refractivity contribution in [3.63, 3.8) is 0 Å². The molecule has 2 N–H and O–H groups in total. The van der Waals surface area contributed by atoms with Crippen LogP contribution in [0.4, 0.5) is 0 Å². The summed E-state index contributed by atoms with van der Waals surface area (Å²) < 4.78 is 0. The molecule has 0 aromatic carbocycles. The molecule has 1 saturated heterocycles. The fourth-order valence-corrected chi connectivity index (χ4v) is 1.53. The lowest BCUT2D eigenvalue weighted by Crippen LogP contribution is -2.47. The lowest BCUT2D eigenvalue weighted by Gasteiger charge is -2.18. The molecule has 2 atom stereocenters. The summed E-state index contributed by atoms with van der Waals surface area (Å²) in [6, 6.07) is -0.457. The van der Waals surface area contributed by atoms with Gasteiger partial charge in [-0.25, -0.2) is 0 Å². The molecule has 0 saturated carbocycles. The second-order valence-electron chi connectivity index (χ2n) is 4.06. The van der Waals surface area contributed by atoms with Crippen molar-refractivity contribution in [3.05, 3.63) is 0 Å². The van der Waals surface area contributed by atoms with Crippen LogP contribution in [-0.4, -0.2) is 30.8 Å². The van der Waals surface area contributed by atoms with Gasteiger partial charge in [0.15, 0.2) is 0 Å². The van der Waals surface area contributed by atoms with Crippen LogP contribution >= 0.6 is 0 Å². The van der Waals surface area contributed by atoms with Gasteiger partial charge in [-0.05, 0) is 25.3 Å². The highest BCUT2D eigenvalue weighted by Gasteiger charge is 2.24. The van der Waals surface area contributed by atoms with Gasteiger partial charge in [-0.2, -0.15) is 0 Å². The van der Waals surface area contributed by atoms with E-state index in [9.17, 15) is 9.59 Å². The van der Waals surface area contributed by atoms with Gasteiger partial charge >= 0.3 is 0 Å². The molecule has 1 aliphatic heterocycles. The molecule has 1 aliphatic rings. The molecule has 0 radical (unpaired) electrons. The van der Waals surface area contributed by atoms with Crippen LogP contribution in [0.1, 0.15) is 26.7 Å². The van der Waals surface area contributed by atoms with Crippen molar-refractivity contribution in [1.29, 1.82) is 0 Å².